The predicted octanol–water partition coefficient (Wildman–Crippen LogP) is 2.15. The summed E-state index contributed by atoms with van der Waals surface area (Å²) in [6, 6.07) is 5.46. The lowest BCUT2D eigenvalue weighted by molar-refractivity contribution is 0.0129. The fourth-order valence-corrected chi connectivity index (χ4v) is 3.04. The normalized spacial score (nSPS) is 18.1. The van der Waals surface area contributed by atoms with Crippen LogP contribution in [-0.2, 0) is 6.54 Å². The number of hydrogen-bond acceptors (Lipinski definition) is 5. The Morgan fingerprint density at radius 2 is 2.15 bits per heavy atom. The third-order valence-corrected chi connectivity index (χ3v) is 3.96. The van der Waals surface area contributed by atoms with Crippen molar-refractivity contribution in [1.29, 1.82) is 0 Å². The van der Waals surface area contributed by atoms with Gasteiger partial charge in [-0.15, -0.1) is 0 Å². The Bertz CT molecular complexity index is 602. The number of nitrogen functional groups attached to an aromatic ring is 1. The van der Waals surface area contributed by atoms with Crippen LogP contribution in [0, 0.1) is 0 Å². The Kier molecular flexibility index (Phi) is 3.40. The number of aliphatic hydroxyl groups is 1. The van der Waals surface area contributed by atoms with Crippen LogP contribution in [-0.4, -0.2) is 34.2 Å². The molecule has 0 bridgehead atoms. The van der Waals surface area contributed by atoms with E-state index in [1.54, 1.807) is 0 Å². The summed E-state index contributed by atoms with van der Waals surface area (Å²) in [5, 5.41) is 10.4. The zero-order valence-electron chi connectivity index (χ0n) is 11.8. The minimum Gasteiger partial charge on any atom is -0.439 e. The molecule has 0 atom stereocenters. The monoisotopic (exact) mass is 275 g/mol. The Morgan fingerprint density at radius 3 is 2.90 bits per heavy atom. The molecule has 1 aromatic carbocycles. The standard InChI is InChI=1S/C15H21N3O2/c1-18(10-15(19)6-2-3-7-15)9-14-17-12-8-11(16)4-5-13(12)20-14/h4-5,8,19H,2-3,6-7,9-10,16H2,1H3. The van der Waals surface area contributed by atoms with E-state index in [1.165, 1.54) is 0 Å². The van der Waals surface area contributed by atoms with Crippen LogP contribution in [0.5, 0.6) is 0 Å². The molecule has 1 aliphatic rings. The second kappa shape index (κ2) is 5.07. The highest BCUT2D eigenvalue weighted by molar-refractivity contribution is 5.76. The van der Waals surface area contributed by atoms with Crippen molar-refractivity contribution in [3.8, 4) is 0 Å². The molecule has 5 heteroatoms. The molecule has 0 amide bonds. The number of anilines is 1. The van der Waals surface area contributed by atoms with Gasteiger partial charge in [0.15, 0.2) is 5.58 Å². The van der Waals surface area contributed by atoms with E-state index in [9.17, 15) is 5.11 Å². The average molecular weight is 275 g/mol. The highest BCUT2D eigenvalue weighted by Crippen LogP contribution is 2.30. The van der Waals surface area contributed by atoms with E-state index in [0.29, 0.717) is 24.7 Å². The fraction of sp³-hybridized carbons (Fsp3) is 0.533. The van der Waals surface area contributed by atoms with Crippen LogP contribution in [0.2, 0.25) is 0 Å². The molecule has 0 spiro atoms. The van der Waals surface area contributed by atoms with Crippen molar-refractivity contribution < 1.29 is 9.52 Å². The number of nitrogens with zero attached hydrogens (tertiary/aromatic N) is 2. The molecule has 1 aromatic heterocycles. The molecule has 1 heterocycles. The van der Waals surface area contributed by atoms with E-state index in [4.69, 9.17) is 10.2 Å². The van der Waals surface area contributed by atoms with E-state index >= 15 is 0 Å². The van der Waals surface area contributed by atoms with E-state index in [1.807, 2.05) is 25.2 Å². The van der Waals surface area contributed by atoms with E-state index in [2.05, 4.69) is 9.88 Å². The van der Waals surface area contributed by atoms with Gasteiger partial charge in [-0.3, -0.25) is 4.90 Å². The Hall–Kier alpha value is -1.59. The third kappa shape index (κ3) is 2.78. The van der Waals surface area contributed by atoms with Crippen molar-refractivity contribution in [3.05, 3.63) is 24.1 Å². The van der Waals surface area contributed by atoms with Crippen LogP contribution in [0.3, 0.4) is 0 Å². The lowest BCUT2D eigenvalue weighted by atomic mass is 10.0. The smallest absolute Gasteiger partial charge is 0.209 e. The van der Waals surface area contributed by atoms with Gasteiger partial charge in [0, 0.05) is 12.2 Å². The van der Waals surface area contributed by atoms with Gasteiger partial charge in [0.2, 0.25) is 5.89 Å². The van der Waals surface area contributed by atoms with Crippen molar-refractivity contribution in [2.45, 2.75) is 37.8 Å². The molecule has 20 heavy (non-hydrogen) atoms. The molecular formula is C15H21N3O2. The van der Waals surface area contributed by atoms with Gasteiger partial charge >= 0.3 is 0 Å². The molecule has 1 fully saturated rings. The SMILES string of the molecule is CN(Cc1nc2cc(N)ccc2o1)CC1(O)CCCC1. The van der Waals surface area contributed by atoms with Crippen LogP contribution < -0.4 is 5.73 Å². The van der Waals surface area contributed by atoms with Crippen LogP contribution in [0.1, 0.15) is 31.6 Å². The van der Waals surface area contributed by atoms with Crippen LogP contribution in [0.4, 0.5) is 5.69 Å². The predicted molar refractivity (Wildman–Crippen MR) is 78.2 cm³/mol. The highest BCUT2D eigenvalue weighted by Gasteiger charge is 2.32. The first-order valence-corrected chi connectivity index (χ1v) is 7.10. The maximum Gasteiger partial charge on any atom is 0.209 e. The lowest BCUT2D eigenvalue weighted by Gasteiger charge is -2.27. The first-order chi connectivity index (χ1) is 9.54. The van der Waals surface area contributed by atoms with E-state index < -0.39 is 5.60 Å². The second-order valence-electron chi connectivity index (χ2n) is 5.94. The van der Waals surface area contributed by atoms with E-state index in [-0.39, 0.29) is 0 Å². The summed E-state index contributed by atoms with van der Waals surface area (Å²) >= 11 is 0. The van der Waals surface area contributed by atoms with Crippen molar-refractivity contribution in [3.63, 3.8) is 0 Å². The summed E-state index contributed by atoms with van der Waals surface area (Å²) in [6.07, 6.45) is 4.02. The van der Waals surface area contributed by atoms with Gasteiger partial charge in [0.25, 0.3) is 0 Å². The number of aromatic nitrogens is 1. The van der Waals surface area contributed by atoms with Gasteiger partial charge in [0.05, 0.1) is 12.1 Å². The van der Waals surface area contributed by atoms with Gasteiger partial charge in [-0.05, 0) is 38.1 Å². The molecule has 0 saturated heterocycles. The van der Waals surface area contributed by atoms with Crippen LogP contribution >= 0.6 is 0 Å². The largest absolute Gasteiger partial charge is 0.439 e. The average Bonchev–Trinajstić information content (AvgIpc) is 2.94. The topological polar surface area (TPSA) is 75.5 Å². The maximum atomic E-state index is 10.4. The summed E-state index contributed by atoms with van der Waals surface area (Å²) in [4.78, 5) is 6.51. The molecule has 0 radical (unpaired) electrons. The number of likely N-dealkylation sites (N-methyl/N-ethyl adjacent to an activating group) is 1. The molecule has 1 aliphatic carbocycles. The molecule has 3 rings (SSSR count). The van der Waals surface area contributed by atoms with Gasteiger partial charge in [-0.25, -0.2) is 4.98 Å². The summed E-state index contributed by atoms with van der Waals surface area (Å²) < 4.78 is 5.70. The highest BCUT2D eigenvalue weighted by atomic mass is 16.3. The molecule has 5 nitrogen and oxygen atoms in total. The number of nitrogens with two attached hydrogens (primary N) is 1. The molecular weight excluding hydrogens is 254 g/mol. The molecule has 1 saturated carbocycles. The molecule has 2 aromatic rings. The van der Waals surface area contributed by atoms with Crippen LogP contribution in [0.15, 0.2) is 22.6 Å². The third-order valence-electron chi connectivity index (χ3n) is 3.96. The minimum absolute atomic E-state index is 0.537. The van der Waals surface area contributed by atoms with Crippen molar-refractivity contribution in [1.82, 2.24) is 9.88 Å². The Balaban J connectivity index is 1.69. The van der Waals surface area contributed by atoms with Gasteiger partial charge in [0.1, 0.15) is 5.52 Å². The van der Waals surface area contributed by atoms with Gasteiger partial charge in [-0.1, -0.05) is 12.8 Å². The molecule has 3 N–H and O–H groups in total. The lowest BCUT2D eigenvalue weighted by Crippen LogP contribution is -2.38. The Morgan fingerprint density at radius 1 is 1.40 bits per heavy atom. The summed E-state index contributed by atoms with van der Waals surface area (Å²) in [6.45, 7) is 1.25. The minimum atomic E-state index is -0.537. The zero-order valence-corrected chi connectivity index (χ0v) is 11.8. The number of oxazole rings is 1. The summed E-state index contributed by atoms with van der Waals surface area (Å²) in [5.74, 6) is 0.662. The maximum absolute atomic E-state index is 10.4. The fourth-order valence-electron chi connectivity index (χ4n) is 3.04. The summed E-state index contributed by atoms with van der Waals surface area (Å²) in [7, 11) is 1.99. The quantitative estimate of drug-likeness (QED) is 0.836. The number of benzene rings is 1. The van der Waals surface area contributed by atoms with Gasteiger partial charge in [-0.2, -0.15) is 0 Å². The van der Waals surface area contributed by atoms with Gasteiger partial charge < -0.3 is 15.3 Å². The van der Waals surface area contributed by atoms with Crippen molar-refractivity contribution in [2.75, 3.05) is 19.3 Å². The Labute approximate surface area is 118 Å². The number of fused-ring (bicyclic) bond motifs is 1. The van der Waals surface area contributed by atoms with E-state index in [0.717, 1.165) is 36.8 Å². The second-order valence-corrected chi connectivity index (χ2v) is 5.94. The van der Waals surface area contributed by atoms with Crippen molar-refractivity contribution >= 4 is 16.8 Å². The first-order valence-electron chi connectivity index (χ1n) is 7.10. The van der Waals surface area contributed by atoms with Crippen LogP contribution in [0.25, 0.3) is 11.1 Å². The molecule has 108 valence electrons. The number of hydrogen-bond donors (Lipinski definition) is 2. The zero-order chi connectivity index (χ0) is 14.2. The van der Waals surface area contributed by atoms with Crippen molar-refractivity contribution in [2.24, 2.45) is 0 Å². The molecule has 0 unspecified atom stereocenters. The first kappa shape index (κ1) is 13.4. The summed E-state index contributed by atoms with van der Waals surface area (Å²) in [5.41, 5.74) is 7.42. The number of rotatable bonds is 4. The molecule has 0 aliphatic heterocycles.